The molecule has 0 heterocycles. The largest absolute Gasteiger partial charge is 0.312 e. The molecule has 1 aromatic carbocycles. The van der Waals surface area contributed by atoms with E-state index in [1.807, 2.05) is 0 Å². The van der Waals surface area contributed by atoms with E-state index >= 15 is 0 Å². The van der Waals surface area contributed by atoms with Gasteiger partial charge in [0.1, 0.15) is 0 Å². The molecule has 0 aromatic heterocycles. The van der Waals surface area contributed by atoms with Crippen LogP contribution in [0.25, 0.3) is 0 Å². The van der Waals surface area contributed by atoms with Gasteiger partial charge in [-0.3, -0.25) is 0 Å². The van der Waals surface area contributed by atoms with E-state index in [0.29, 0.717) is 0 Å². The maximum absolute atomic E-state index is 3.58. The zero-order valence-electron chi connectivity index (χ0n) is 10.7. The first-order valence-electron chi connectivity index (χ1n) is 6.36. The Morgan fingerprint density at radius 1 is 1.19 bits per heavy atom. The lowest BCUT2D eigenvalue weighted by molar-refractivity contribution is 0.568. The Labute approximate surface area is 99.3 Å². The number of hydrogen-bond acceptors (Lipinski definition) is 1. The van der Waals surface area contributed by atoms with Gasteiger partial charge in [0.2, 0.25) is 0 Å². The SMILES string of the molecule is CC(C)(C)c1ccccc1CNCC1CC1. The van der Waals surface area contributed by atoms with Gasteiger partial charge in [-0.2, -0.15) is 0 Å². The van der Waals surface area contributed by atoms with Crippen LogP contribution in [0.5, 0.6) is 0 Å². The van der Waals surface area contributed by atoms with Crippen molar-refractivity contribution in [3.8, 4) is 0 Å². The molecule has 1 saturated carbocycles. The van der Waals surface area contributed by atoms with Crippen LogP contribution in [0.1, 0.15) is 44.7 Å². The third kappa shape index (κ3) is 3.08. The molecule has 0 unspecified atom stereocenters. The highest BCUT2D eigenvalue weighted by atomic mass is 14.9. The first-order valence-corrected chi connectivity index (χ1v) is 6.36. The molecule has 0 atom stereocenters. The Morgan fingerprint density at radius 2 is 1.88 bits per heavy atom. The quantitative estimate of drug-likeness (QED) is 0.814. The monoisotopic (exact) mass is 217 g/mol. The third-order valence-electron chi connectivity index (χ3n) is 3.27. The molecular weight excluding hydrogens is 194 g/mol. The Morgan fingerprint density at radius 3 is 2.50 bits per heavy atom. The summed E-state index contributed by atoms with van der Waals surface area (Å²) >= 11 is 0. The summed E-state index contributed by atoms with van der Waals surface area (Å²) in [5, 5.41) is 3.58. The van der Waals surface area contributed by atoms with Crippen molar-refractivity contribution in [2.45, 2.75) is 45.6 Å². The van der Waals surface area contributed by atoms with E-state index in [4.69, 9.17) is 0 Å². The molecule has 1 aliphatic carbocycles. The lowest BCUT2D eigenvalue weighted by Crippen LogP contribution is -2.21. The fourth-order valence-corrected chi connectivity index (χ4v) is 2.14. The summed E-state index contributed by atoms with van der Waals surface area (Å²) in [5.41, 5.74) is 3.17. The average Bonchev–Trinajstić information content (AvgIpc) is 3.01. The number of hydrogen-bond donors (Lipinski definition) is 1. The molecule has 0 bridgehead atoms. The first kappa shape index (κ1) is 11.7. The minimum atomic E-state index is 0.248. The van der Waals surface area contributed by atoms with Crippen molar-refractivity contribution >= 4 is 0 Å². The molecule has 0 radical (unpaired) electrons. The Hall–Kier alpha value is -0.820. The second-order valence-corrected chi connectivity index (χ2v) is 5.98. The maximum Gasteiger partial charge on any atom is 0.0208 e. The molecule has 0 spiro atoms. The molecular formula is C15H23N. The molecule has 2 rings (SSSR count). The maximum atomic E-state index is 3.58. The van der Waals surface area contributed by atoms with Crippen molar-refractivity contribution in [2.24, 2.45) is 5.92 Å². The minimum Gasteiger partial charge on any atom is -0.312 e. The summed E-state index contributed by atoms with van der Waals surface area (Å²) in [4.78, 5) is 0. The van der Waals surface area contributed by atoms with Crippen LogP contribution < -0.4 is 5.32 Å². The zero-order chi connectivity index (χ0) is 11.6. The Kier molecular flexibility index (Phi) is 3.34. The van der Waals surface area contributed by atoms with Gasteiger partial charge >= 0.3 is 0 Å². The van der Waals surface area contributed by atoms with Crippen molar-refractivity contribution < 1.29 is 0 Å². The van der Waals surface area contributed by atoms with Crippen LogP contribution in [-0.2, 0) is 12.0 Å². The summed E-state index contributed by atoms with van der Waals surface area (Å²) in [5.74, 6) is 0.960. The van der Waals surface area contributed by atoms with Gasteiger partial charge in [-0.15, -0.1) is 0 Å². The molecule has 16 heavy (non-hydrogen) atoms. The highest BCUT2D eigenvalue weighted by Crippen LogP contribution is 2.28. The summed E-state index contributed by atoms with van der Waals surface area (Å²) < 4.78 is 0. The second kappa shape index (κ2) is 4.58. The Bertz CT molecular complexity index is 345. The lowest BCUT2D eigenvalue weighted by Gasteiger charge is -2.23. The lowest BCUT2D eigenvalue weighted by atomic mass is 9.84. The highest BCUT2D eigenvalue weighted by molar-refractivity contribution is 5.32. The summed E-state index contributed by atoms with van der Waals surface area (Å²) in [7, 11) is 0. The van der Waals surface area contributed by atoms with Crippen molar-refractivity contribution in [1.82, 2.24) is 5.32 Å². The molecule has 1 nitrogen and oxygen atoms in total. The van der Waals surface area contributed by atoms with E-state index in [1.165, 1.54) is 30.5 Å². The van der Waals surface area contributed by atoms with Gasteiger partial charge in [0, 0.05) is 6.54 Å². The standard InChI is InChI=1S/C15H23N/c1-15(2,3)14-7-5-4-6-13(14)11-16-10-12-8-9-12/h4-7,12,16H,8-11H2,1-3H3. The third-order valence-corrected chi connectivity index (χ3v) is 3.27. The Balaban J connectivity index is 2.00. The topological polar surface area (TPSA) is 12.0 Å². The molecule has 1 fully saturated rings. The predicted molar refractivity (Wildman–Crippen MR) is 69.6 cm³/mol. The first-order chi connectivity index (χ1) is 7.57. The number of rotatable bonds is 4. The van der Waals surface area contributed by atoms with E-state index in [0.717, 1.165) is 12.5 Å². The average molecular weight is 217 g/mol. The van der Waals surface area contributed by atoms with Gasteiger partial charge in [0.15, 0.2) is 0 Å². The number of benzene rings is 1. The van der Waals surface area contributed by atoms with Crippen LogP contribution in [-0.4, -0.2) is 6.54 Å². The molecule has 0 aliphatic heterocycles. The van der Waals surface area contributed by atoms with Gasteiger partial charge in [0.05, 0.1) is 0 Å². The van der Waals surface area contributed by atoms with Crippen LogP contribution in [0, 0.1) is 5.92 Å². The van der Waals surface area contributed by atoms with Gasteiger partial charge < -0.3 is 5.32 Å². The molecule has 88 valence electrons. The van der Waals surface area contributed by atoms with Crippen LogP contribution in [0.4, 0.5) is 0 Å². The van der Waals surface area contributed by atoms with Gasteiger partial charge in [-0.05, 0) is 41.8 Å². The number of nitrogens with one attached hydrogen (secondary N) is 1. The molecule has 1 heteroatoms. The summed E-state index contributed by atoms with van der Waals surface area (Å²) in [6.45, 7) is 9.06. The van der Waals surface area contributed by atoms with Gasteiger partial charge in [-0.1, -0.05) is 45.0 Å². The fourth-order valence-electron chi connectivity index (χ4n) is 2.14. The van der Waals surface area contributed by atoms with E-state index in [9.17, 15) is 0 Å². The fraction of sp³-hybridized carbons (Fsp3) is 0.600. The predicted octanol–water partition coefficient (Wildman–Crippen LogP) is 3.48. The van der Waals surface area contributed by atoms with Gasteiger partial charge in [0.25, 0.3) is 0 Å². The van der Waals surface area contributed by atoms with Crippen molar-refractivity contribution in [3.05, 3.63) is 35.4 Å². The molecule has 1 N–H and O–H groups in total. The zero-order valence-corrected chi connectivity index (χ0v) is 10.7. The smallest absolute Gasteiger partial charge is 0.0208 e. The van der Waals surface area contributed by atoms with Crippen molar-refractivity contribution in [3.63, 3.8) is 0 Å². The van der Waals surface area contributed by atoms with E-state index in [1.54, 1.807) is 0 Å². The molecule has 1 aromatic rings. The molecule has 0 amide bonds. The van der Waals surface area contributed by atoms with Crippen molar-refractivity contribution in [2.75, 3.05) is 6.54 Å². The molecule has 1 aliphatic rings. The minimum absolute atomic E-state index is 0.248. The summed E-state index contributed by atoms with van der Waals surface area (Å²) in [6.07, 6.45) is 2.85. The highest BCUT2D eigenvalue weighted by Gasteiger charge is 2.21. The van der Waals surface area contributed by atoms with Gasteiger partial charge in [-0.25, -0.2) is 0 Å². The van der Waals surface area contributed by atoms with Crippen molar-refractivity contribution in [1.29, 1.82) is 0 Å². The van der Waals surface area contributed by atoms with Crippen LogP contribution in [0.3, 0.4) is 0 Å². The summed E-state index contributed by atoms with van der Waals surface area (Å²) in [6, 6.07) is 8.79. The molecule has 0 saturated heterocycles. The van der Waals surface area contributed by atoms with Crippen LogP contribution in [0.2, 0.25) is 0 Å². The van der Waals surface area contributed by atoms with Crippen LogP contribution in [0.15, 0.2) is 24.3 Å². The van der Waals surface area contributed by atoms with E-state index in [2.05, 4.69) is 50.4 Å². The normalized spacial score (nSPS) is 16.4. The van der Waals surface area contributed by atoms with E-state index in [-0.39, 0.29) is 5.41 Å². The van der Waals surface area contributed by atoms with Crippen LogP contribution >= 0.6 is 0 Å². The van der Waals surface area contributed by atoms with E-state index < -0.39 is 0 Å². The second-order valence-electron chi connectivity index (χ2n) is 5.98.